The third-order valence-electron chi connectivity index (χ3n) is 5.35. The Morgan fingerprint density at radius 2 is 1.43 bits per heavy atom. The van der Waals surface area contributed by atoms with E-state index in [1.165, 1.54) is 6.92 Å². The van der Waals surface area contributed by atoms with E-state index < -0.39 is 60.2 Å². The lowest BCUT2D eigenvalue weighted by Gasteiger charge is -2.28. The topological polar surface area (TPSA) is 174 Å². The van der Waals surface area contributed by atoms with E-state index in [-0.39, 0.29) is 13.2 Å². The van der Waals surface area contributed by atoms with Crippen LogP contribution in [0.5, 0.6) is 0 Å². The summed E-state index contributed by atoms with van der Waals surface area (Å²) in [6.07, 6.45) is -2.49. The van der Waals surface area contributed by atoms with E-state index in [0.29, 0.717) is 11.1 Å². The number of aliphatic hydroxyl groups is 1. The quantitative estimate of drug-likeness (QED) is 0.282. The van der Waals surface area contributed by atoms with E-state index in [0.717, 1.165) is 0 Å². The van der Waals surface area contributed by atoms with Crippen molar-refractivity contribution >= 4 is 29.7 Å². The molecule has 0 bridgehead atoms. The number of carbonyl (C=O) groups is 5. The summed E-state index contributed by atoms with van der Waals surface area (Å²) in [5.74, 6) is -6.05. The number of esters is 2. The molecule has 2 aromatic carbocycles. The molecule has 0 heterocycles. The molecule has 2 rings (SSSR count). The van der Waals surface area contributed by atoms with Crippen LogP contribution in [0.4, 0.5) is 0 Å². The largest absolute Gasteiger partial charge is 0.466 e. The summed E-state index contributed by atoms with van der Waals surface area (Å²) in [7, 11) is 0. The van der Waals surface area contributed by atoms with Gasteiger partial charge in [0.25, 0.3) is 11.8 Å². The number of hydrogen-bond acceptors (Lipinski definition) is 8. The molecule has 0 aliphatic carbocycles. The first-order valence-electron chi connectivity index (χ1n) is 11.7. The van der Waals surface area contributed by atoms with Crippen LogP contribution >= 0.6 is 0 Å². The third-order valence-corrected chi connectivity index (χ3v) is 5.35. The lowest BCUT2D eigenvalue weighted by molar-refractivity contribution is -0.157. The van der Waals surface area contributed by atoms with Gasteiger partial charge in [0, 0.05) is 5.56 Å². The van der Waals surface area contributed by atoms with Gasteiger partial charge in [0.15, 0.2) is 6.10 Å². The molecule has 0 unspecified atom stereocenters. The summed E-state index contributed by atoms with van der Waals surface area (Å²) in [6.45, 7) is 3.07. The molecular weight excluding hydrogens is 482 g/mol. The number of ether oxygens (including phenoxy) is 2. The maximum Gasteiger partial charge on any atom is 0.312 e. The van der Waals surface area contributed by atoms with Crippen LogP contribution in [0.2, 0.25) is 0 Å². The van der Waals surface area contributed by atoms with Crippen LogP contribution in [0, 0.1) is 5.92 Å². The van der Waals surface area contributed by atoms with Crippen molar-refractivity contribution in [2.45, 2.75) is 38.5 Å². The summed E-state index contributed by atoms with van der Waals surface area (Å²) in [6, 6.07) is 13.5. The van der Waals surface area contributed by atoms with Crippen molar-refractivity contribution in [2.24, 2.45) is 11.7 Å². The van der Waals surface area contributed by atoms with E-state index >= 15 is 0 Å². The van der Waals surface area contributed by atoms with Crippen molar-refractivity contribution in [1.82, 2.24) is 10.6 Å². The minimum Gasteiger partial charge on any atom is -0.466 e. The molecule has 0 aliphatic heterocycles. The second-order valence-electron chi connectivity index (χ2n) is 7.93. The van der Waals surface area contributed by atoms with Crippen molar-refractivity contribution in [1.29, 1.82) is 0 Å². The molecule has 0 radical (unpaired) electrons. The van der Waals surface area contributed by atoms with Crippen molar-refractivity contribution in [3.05, 3.63) is 71.8 Å². The first kappa shape index (κ1) is 29.0. The Kier molecular flexibility index (Phi) is 11.2. The molecule has 0 aromatic heterocycles. The zero-order chi connectivity index (χ0) is 27.4. The van der Waals surface area contributed by atoms with E-state index in [9.17, 15) is 29.1 Å². The molecule has 3 amide bonds. The number of carbonyl (C=O) groups excluding carboxylic acids is 5. The third kappa shape index (κ3) is 8.43. The Morgan fingerprint density at radius 1 is 0.865 bits per heavy atom. The van der Waals surface area contributed by atoms with Crippen LogP contribution in [0.15, 0.2) is 60.7 Å². The number of rotatable bonds is 13. The first-order valence-corrected chi connectivity index (χ1v) is 11.7. The zero-order valence-corrected chi connectivity index (χ0v) is 20.6. The number of aliphatic hydroxyl groups excluding tert-OH is 1. The van der Waals surface area contributed by atoms with Gasteiger partial charge < -0.3 is 30.9 Å². The molecule has 2 aromatic rings. The standard InChI is InChI=1S/C26H31N3O8/c1-3-36-19(30)15-18(26(35)37-4-2)21(23(27)32)29-25(34)22(31)20(16-11-7-5-8-12-16)28-24(33)17-13-9-6-10-14-17/h5-14,18,20-22,31H,3-4,15H2,1-2H3,(H2,27,32)(H,28,33)(H,29,34)/t18-,20+,21-,22-/m1/s1. The molecule has 11 nitrogen and oxygen atoms in total. The highest BCUT2D eigenvalue weighted by Gasteiger charge is 2.39. The lowest BCUT2D eigenvalue weighted by atomic mass is 9.94. The van der Waals surface area contributed by atoms with Gasteiger partial charge >= 0.3 is 11.9 Å². The molecule has 11 heteroatoms. The van der Waals surface area contributed by atoms with Crippen LogP contribution in [0.1, 0.15) is 42.2 Å². The van der Waals surface area contributed by atoms with Crippen molar-refractivity contribution < 1.29 is 38.6 Å². The number of primary amides is 1. The molecule has 4 atom stereocenters. The maximum absolute atomic E-state index is 13.1. The highest BCUT2D eigenvalue weighted by atomic mass is 16.5. The van der Waals surface area contributed by atoms with E-state index in [4.69, 9.17) is 15.2 Å². The number of benzene rings is 2. The normalized spacial score (nSPS) is 13.8. The SMILES string of the molecule is CCOC(=O)C[C@@H](C(=O)OCC)[C@@H](NC(=O)[C@H](O)[C@@H](NC(=O)c1ccccc1)c1ccccc1)C(N)=O. The molecule has 0 saturated heterocycles. The van der Waals surface area contributed by atoms with Crippen molar-refractivity contribution in [2.75, 3.05) is 13.2 Å². The molecule has 37 heavy (non-hydrogen) atoms. The van der Waals surface area contributed by atoms with Crippen LogP contribution < -0.4 is 16.4 Å². The highest BCUT2D eigenvalue weighted by molar-refractivity contribution is 5.96. The maximum atomic E-state index is 13.1. The molecular formula is C26H31N3O8. The average Bonchev–Trinajstić information content (AvgIpc) is 2.89. The summed E-state index contributed by atoms with van der Waals surface area (Å²) in [5.41, 5.74) is 6.14. The smallest absolute Gasteiger partial charge is 0.312 e. The average molecular weight is 514 g/mol. The Labute approximate surface area is 214 Å². The van der Waals surface area contributed by atoms with Crippen molar-refractivity contribution in [3.8, 4) is 0 Å². The predicted molar refractivity (Wildman–Crippen MR) is 132 cm³/mol. The fraction of sp³-hybridized carbons (Fsp3) is 0.346. The number of amides is 3. The van der Waals surface area contributed by atoms with E-state index in [1.807, 2.05) is 0 Å². The number of hydrogen-bond donors (Lipinski definition) is 4. The zero-order valence-electron chi connectivity index (χ0n) is 20.6. The van der Waals surface area contributed by atoms with Crippen LogP contribution in [-0.4, -0.2) is 60.1 Å². The molecule has 0 aliphatic rings. The molecule has 5 N–H and O–H groups in total. The fourth-order valence-corrected chi connectivity index (χ4v) is 3.57. The van der Waals surface area contributed by atoms with Gasteiger partial charge in [0.1, 0.15) is 6.04 Å². The lowest BCUT2D eigenvalue weighted by Crippen LogP contribution is -2.56. The Morgan fingerprint density at radius 3 is 1.97 bits per heavy atom. The number of nitrogens with one attached hydrogen (secondary N) is 2. The van der Waals surface area contributed by atoms with Gasteiger partial charge in [-0.3, -0.25) is 24.0 Å². The monoisotopic (exact) mass is 513 g/mol. The van der Waals surface area contributed by atoms with Crippen LogP contribution in [-0.2, 0) is 28.7 Å². The van der Waals surface area contributed by atoms with Gasteiger partial charge in [-0.25, -0.2) is 0 Å². The van der Waals surface area contributed by atoms with Gasteiger partial charge in [-0.05, 0) is 31.5 Å². The van der Waals surface area contributed by atoms with Gasteiger partial charge in [0.2, 0.25) is 5.91 Å². The van der Waals surface area contributed by atoms with Gasteiger partial charge in [0.05, 0.1) is 31.6 Å². The second kappa shape index (κ2) is 14.3. The first-order chi connectivity index (χ1) is 17.7. The van der Waals surface area contributed by atoms with Gasteiger partial charge in [-0.2, -0.15) is 0 Å². The van der Waals surface area contributed by atoms with E-state index in [2.05, 4.69) is 10.6 Å². The van der Waals surface area contributed by atoms with Crippen molar-refractivity contribution in [3.63, 3.8) is 0 Å². The van der Waals surface area contributed by atoms with Crippen LogP contribution in [0.3, 0.4) is 0 Å². The summed E-state index contributed by atoms with van der Waals surface area (Å²) < 4.78 is 9.81. The van der Waals surface area contributed by atoms with Gasteiger partial charge in [-0.15, -0.1) is 0 Å². The Bertz CT molecular complexity index is 1080. The van der Waals surface area contributed by atoms with E-state index in [1.54, 1.807) is 67.6 Å². The molecule has 0 saturated carbocycles. The summed E-state index contributed by atoms with van der Waals surface area (Å²) >= 11 is 0. The minimum atomic E-state index is -1.90. The molecule has 0 fully saturated rings. The Hall–Kier alpha value is -4.25. The Balaban J connectivity index is 2.32. The van der Waals surface area contributed by atoms with Crippen LogP contribution in [0.25, 0.3) is 0 Å². The van der Waals surface area contributed by atoms with Gasteiger partial charge in [-0.1, -0.05) is 48.5 Å². The number of nitrogens with two attached hydrogens (primary N) is 1. The predicted octanol–water partition coefficient (Wildman–Crippen LogP) is 0.621. The fourth-order valence-electron chi connectivity index (χ4n) is 3.57. The summed E-state index contributed by atoms with van der Waals surface area (Å²) in [5, 5.41) is 15.8. The molecule has 0 spiro atoms. The second-order valence-corrected chi connectivity index (χ2v) is 7.93. The highest BCUT2D eigenvalue weighted by Crippen LogP contribution is 2.20. The molecule has 198 valence electrons. The minimum absolute atomic E-state index is 0.0283. The summed E-state index contributed by atoms with van der Waals surface area (Å²) in [4.78, 5) is 62.7.